The van der Waals surface area contributed by atoms with Crippen LogP contribution in [0, 0.1) is 5.41 Å². The predicted molar refractivity (Wildman–Crippen MR) is 54.4 cm³/mol. The van der Waals surface area contributed by atoms with Crippen LogP contribution in [-0.2, 0) is 0 Å². The third-order valence-corrected chi connectivity index (χ3v) is 3.04. The van der Waals surface area contributed by atoms with E-state index in [1.54, 1.807) is 0 Å². The maximum atomic E-state index is 2.47. The van der Waals surface area contributed by atoms with E-state index >= 15 is 0 Å². The summed E-state index contributed by atoms with van der Waals surface area (Å²) in [5.74, 6) is 0. The van der Waals surface area contributed by atoms with Crippen molar-refractivity contribution in [1.29, 1.82) is 0 Å². The van der Waals surface area contributed by atoms with Gasteiger partial charge in [-0.05, 0) is 51.2 Å². The van der Waals surface area contributed by atoms with Crippen molar-refractivity contribution in [3.8, 4) is 0 Å². The van der Waals surface area contributed by atoms with E-state index in [1.807, 2.05) is 0 Å². The number of rotatable bonds is 0. The lowest BCUT2D eigenvalue weighted by atomic mass is 9.83. The number of hydrogen-bond acceptors (Lipinski definition) is 1. The Morgan fingerprint density at radius 3 is 2.25 bits per heavy atom. The molecule has 1 rings (SSSR count). The molecule has 0 saturated carbocycles. The van der Waals surface area contributed by atoms with Gasteiger partial charge in [0.15, 0.2) is 0 Å². The lowest BCUT2D eigenvalue weighted by Crippen LogP contribution is -2.20. The molecule has 0 unspecified atom stereocenters. The largest absolute Gasteiger partial charge is 0.306 e. The van der Waals surface area contributed by atoms with Crippen molar-refractivity contribution in [2.24, 2.45) is 5.41 Å². The zero-order chi connectivity index (χ0) is 9.03. The third-order valence-electron chi connectivity index (χ3n) is 3.04. The summed E-state index contributed by atoms with van der Waals surface area (Å²) in [4.78, 5) is 2.47. The molecule has 0 N–H and O–H groups in total. The molecular formula is C11H23N. The normalized spacial score (nSPS) is 27.2. The molecular weight excluding hydrogens is 146 g/mol. The summed E-state index contributed by atoms with van der Waals surface area (Å²) in [7, 11) is 2.25. The molecule has 12 heavy (non-hydrogen) atoms. The molecule has 72 valence electrons. The van der Waals surface area contributed by atoms with Crippen molar-refractivity contribution < 1.29 is 0 Å². The summed E-state index contributed by atoms with van der Waals surface area (Å²) in [6, 6.07) is 0. The zero-order valence-electron chi connectivity index (χ0n) is 8.90. The van der Waals surface area contributed by atoms with E-state index in [1.165, 1.54) is 45.2 Å². The van der Waals surface area contributed by atoms with Crippen LogP contribution < -0.4 is 0 Å². The minimum atomic E-state index is 0.602. The van der Waals surface area contributed by atoms with Crippen molar-refractivity contribution in [3.05, 3.63) is 0 Å². The van der Waals surface area contributed by atoms with E-state index in [0.717, 1.165) is 0 Å². The van der Waals surface area contributed by atoms with E-state index in [9.17, 15) is 0 Å². The van der Waals surface area contributed by atoms with Gasteiger partial charge in [-0.1, -0.05) is 20.3 Å². The van der Waals surface area contributed by atoms with Gasteiger partial charge in [0.05, 0.1) is 0 Å². The second-order valence-electron chi connectivity index (χ2n) is 5.03. The number of nitrogens with zero attached hydrogens (tertiary/aromatic N) is 1. The average Bonchev–Trinajstić information content (AvgIpc) is 2.02. The standard InChI is InChI=1S/C11H23N/c1-11(2)7-4-5-9-12(3)10-6-8-11/h4-10H2,1-3H3. The molecule has 0 atom stereocenters. The quantitative estimate of drug-likeness (QED) is 0.539. The Morgan fingerprint density at radius 2 is 1.50 bits per heavy atom. The Morgan fingerprint density at radius 1 is 0.917 bits per heavy atom. The molecule has 1 aliphatic heterocycles. The number of hydrogen-bond donors (Lipinski definition) is 0. The molecule has 1 heterocycles. The van der Waals surface area contributed by atoms with Crippen LogP contribution in [0.2, 0.25) is 0 Å². The Bertz CT molecular complexity index is 129. The summed E-state index contributed by atoms with van der Waals surface area (Å²) in [5.41, 5.74) is 0.602. The average molecular weight is 169 g/mol. The van der Waals surface area contributed by atoms with Crippen LogP contribution in [0.5, 0.6) is 0 Å². The van der Waals surface area contributed by atoms with Gasteiger partial charge in [0.2, 0.25) is 0 Å². The van der Waals surface area contributed by atoms with Gasteiger partial charge in [-0.3, -0.25) is 0 Å². The van der Waals surface area contributed by atoms with Crippen LogP contribution in [0.4, 0.5) is 0 Å². The summed E-state index contributed by atoms with van der Waals surface area (Å²) in [5, 5.41) is 0. The van der Waals surface area contributed by atoms with E-state index in [-0.39, 0.29) is 0 Å². The first kappa shape index (κ1) is 10.0. The van der Waals surface area contributed by atoms with Gasteiger partial charge in [0.1, 0.15) is 0 Å². The lowest BCUT2D eigenvalue weighted by molar-refractivity contribution is 0.286. The SMILES string of the molecule is CN1CCCCC(C)(C)CCC1. The van der Waals surface area contributed by atoms with E-state index in [4.69, 9.17) is 0 Å². The molecule has 0 amide bonds. The molecule has 0 radical (unpaired) electrons. The fourth-order valence-corrected chi connectivity index (χ4v) is 2.05. The smallest absolute Gasteiger partial charge is 0.00216 e. The summed E-state index contributed by atoms with van der Waals surface area (Å²) in [6.07, 6.45) is 7.00. The predicted octanol–water partition coefficient (Wildman–Crippen LogP) is 2.91. The molecule has 1 heteroatoms. The third kappa shape index (κ3) is 3.57. The molecule has 0 aliphatic carbocycles. The van der Waals surface area contributed by atoms with E-state index < -0.39 is 0 Å². The second-order valence-corrected chi connectivity index (χ2v) is 5.03. The maximum absolute atomic E-state index is 2.47. The first-order valence-electron chi connectivity index (χ1n) is 5.29. The van der Waals surface area contributed by atoms with Gasteiger partial charge in [-0.15, -0.1) is 0 Å². The Hall–Kier alpha value is -0.0400. The van der Waals surface area contributed by atoms with Gasteiger partial charge in [0, 0.05) is 0 Å². The van der Waals surface area contributed by atoms with Crippen molar-refractivity contribution in [1.82, 2.24) is 4.90 Å². The highest BCUT2D eigenvalue weighted by atomic mass is 15.1. The molecule has 1 fully saturated rings. The summed E-state index contributed by atoms with van der Waals surface area (Å²) in [6.45, 7) is 7.43. The molecule has 1 nitrogen and oxygen atoms in total. The molecule has 1 saturated heterocycles. The van der Waals surface area contributed by atoms with Crippen LogP contribution in [0.25, 0.3) is 0 Å². The molecule has 1 aliphatic rings. The van der Waals surface area contributed by atoms with Crippen LogP contribution >= 0.6 is 0 Å². The summed E-state index contributed by atoms with van der Waals surface area (Å²) < 4.78 is 0. The highest BCUT2D eigenvalue weighted by Crippen LogP contribution is 2.29. The molecule has 0 spiro atoms. The van der Waals surface area contributed by atoms with E-state index in [0.29, 0.717) is 5.41 Å². The van der Waals surface area contributed by atoms with Gasteiger partial charge < -0.3 is 4.90 Å². The van der Waals surface area contributed by atoms with Crippen LogP contribution in [-0.4, -0.2) is 25.0 Å². The molecule has 0 bridgehead atoms. The Labute approximate surface area is 77.1 Å². The highest BCUT2D eigenvalue weighted by Gasteiger charge is 2.18. The van der Waals surface area contributed by atoms with Crippen LogP contribution in [0.1, 0.15) is 46.0 Å². The van der Waals surface area contributed by atoms with Gasteiger partial charge in [-0.25, -0.2) is 0 Å². The Balaban J connectivity index is 2.37. The Kier molecular flexibility index (Phi) is 3.57. The van der Waals surface area contributed by atoms with Crippen molar-refractivity contribution >= 4 is 0 Å². The molecule has 0 aromatic heterocycles. The molecule has 0 aromatic rings. The topological polar surface area (TPSA) is 3.24 Å². The van der Waals surface area contributed by atoms with Crippen LogP contribution in [0.15, 0.2) is 0 Å². The van der Waals surface area contributed by atoms with Crippen molar-refractivity contribution in [2.75, 3.05) is 20.1 Å². The first-order valence-corrected chi connectivity index (χ1v) is 5.29. The fourth-order valence-electron chi connectivity index (χ4n) is 2.05. The van der Waals surface area contributed by atoms with Gasteiger partial charge in [0.25, 0.3) is 0 Å². The lowest BCUT2D eigenvalue weighted by Gasteiger charge is -2.23. The minimum Gasteiger partial charge on any atom is -0.306 e. The van der Waals surface area contributed by atoms with Gasteiger partial charge >= 0.3 is 0 Å². The van der Waals surface area contributed by atoms with Crippen molar-refractivity contribution in [2.45, 2.75) is 46.0 Å². The van der Waals surface area contributed by atoms with Gasteiger partial charge in [-0.2, -0.15) is 0 Å². The maximum Gasteiger partial charge on any atom is -0.00216 e. The van der Waals surface area contributed by atoms with Crippen molar-refractivity contribution in [3.63, 3.8) is 0 Å². The molecule has 0 aromatic carbocycles. The monoisotopic (exact) mass is 169 g/mol. The highest BCUT2D eigenvalue weighted by molar-refractivity contribution is 4.71. The first-order chi connectivity index (χ1) is 5.60. The van der Waals surface area contributed by atoms with E-state index in [2.05, 4.69) is 25.8 Å². The minimum absolute atomic E-state index is 0.602. The second kappa shape index (κ2) is 4.27. The zero-order valence-corrected chi connectivity index (χ0v) is 8.90. The van der Waals surface area contributed by atoms with Crippen LogP contribution in [0.3, 0.4) is 0 Å². The summed E-state index contributed by atoms with van der Waals surface area (Å²) >= 11 is 0. The fraction of sp³-hybridized carbons (Fsp3) is 1.00.